The molecule has 5 nitrogen and oxygen atoms in total. The summed E-state index contributed by atoms with van der Waals surface area (Å²) < 4.78 is 18.2. The van der Waals surface area contributed by atoms with Gasteiger partial charge in [0.25, 0.3) is 0 Å². The molecule has 0 aromatic heterocycles. The molecular formula is C20H36BNO4. The van der Waals surface area contributed by atoms with E-state index in [-0.39, 0.29) is 29.8 Å². The Morgan fingerprint density at radius 2 is 1.73 bits per heavy atom. The Hall–Kier alpha value is -0.745. The highest BCUT2D eigenvalue weighted by Gasteiger charge is 2.57. The van der Waals surface area contributed by atoms with Crippen molar-refractivity contribution in [1.82, 2.24) is 4.90 Å². The smallest absolute Gasteiger partial charge is 0.444 e. The zero-order chi connectivity index (χ0) is 19.4. The van der Waals surface area contributed by atoms with E-state index in [1.54, 1.807) is 0 Å². The quantitative estimate of drug-likeness (QED) is 0.635. The molecule has 3 fully saturated rings. The third kappa shape index (κ3) is 3.91. The molecule has 3 rings (SSSR count). The van der Waals surface area contributed by atoms with Crippen molar-refractivity contribution < 1.29 is 18.8 Å². The van der Waals surface area contributed by atoms with Crippen molar-refractivity contribution in [3.05, 3.63) is 0 Å². The molecule has 148 valence electrons. The van der Waals surface area contributed by atoms with Crippen molar-refractivity contribution >= 4 is 13.2 Å². The zero-order valence-corrected chi connectivity index (χ0v) is 17.7. The number of hydrogen-bond donors (Lipinski definition) is 0. The molecule has 1 saturated carbocycles. The highest BCUT2D eigenvalue weighted by atomic mass is 16.7. The SMILES string of the molecule is CC(C)(C)OC(=O)N1CCCC2(CCC(B3OC(C)(C)C(C)(C)O3)C2)C1. The average molecular weight is 365 g/mol. The molecule has 0 radical (unpaired) electrons. The second kappa shape index (κ2) is 6.40. The second-order valence-corrected chi connectivity index (χ2v) is 10.6. The number of rotatable bonds is 1. The lowest BCUT2D eigenvalue weighted by Gasteiger charge is -2.41. The molecule has 0 N–H and O–H groups in total. The third-order valence-electron chi connectivity index (χ3n) is 6.71. The minimum Gasteiger partial charge on any atom is -0.444 e. The molecule has 1 amide bonds. The molecule has 0 bridgehead atoms. The van der Waals surface area contributed by atoms with E-state index >= 15 is 0 Å². The Morgan fingerprint density at radius 3 is 2.31 bits per heavy atom. The Kier molecular flexibility index (Phi) is 4.93. The number of nitrogens with zero attached hydrogens (tertiary/aromatic N) is 1. The predicted octanol–water partition coefficient (Wildman–Crippen LogP) is 4.65. The summed E-state index contributed by atoms with van der Waals surface area (Å²) >= 11 is 0. The summed E-state index contributed by atoms with van der Waals surface area (Å²) in [6.45, 7) is 15.8. The zero-order valence-electron chi connectivity index (χ0n) is 17.7. The van der Waals surface area contributed by atoms with Gasteiger partial charge in [0.05, 0.1) is 11.2 Å². The van der Waals surface area contributed by atoms with Gasteiger partial charge in [-0.25, -0.2) is 4.79 Å². The van der Waals surface area contributed by atoms with Crippen LogP contribution in [0, 0.1) is 5.41 Å². The van der Waals surface area contributed by atoms with Crippen LogP contribution in [0.5, 0.6) is 0 Å². The van der Waals surface area contributed by atoms with Crippen LogP contribution in [0.2, 0.25) is 5.82 Å². The summed E-state index contributed by atoms with van der Waals surface area (Å²) in [6, 6.07) is 0. The molecule has 1 spiro atoms. The minimum absolute atomic E-state index is 0.128. The van der Waals surface area contributed by atoms with Gasteiger partial charge in [-0.15, -0.1) is 0 Å². The number of hydrogen-bond acceptors (Lipinski definition) is 4. The largest absolute Gasteiger partial charge is 0.461 e. The maximum absolute atomic E-state index is 12.5. The molecule has 26 heavy (non-hydrogen) atoms. The van der Waals surface area contributed by atoms with Crippen LogP contribution in [-0.4, -0.2) is 48.0 Å². The fraction of sp³-hybridized carbons (Fsp3) is 0.950. The molecule has 2 saturated heterocycles. The first-order valence-electron chi connectivity index (χ1n) is 10.2. The molecular weight excluding hydrogens is 329 g/mol. The maximum atomic E-state index is 12.5. The maximum Gasteiger partial charge on any atom is 0.461 e. The van der Waals surface area contributed by atoms with Gasteiger partial charge < -0.3 is 18.9 Å². The standard InChI is InChI=1S/C20H36BNO4/c1-17(2,3)24-16(23)22-12-8-10-20(14-22)11-9-15(13-20)21-25-18(4,5)19(6,7)26-21/h15H,8-14H2,1-7H3. The lowest BCUT2D eigenvalue weighted by Crippen LogP contribution is -2.47. The monoisotopic (exact) mass is 365 g/mol. The molecule has 6 heteroatoms. The number of likely N-dealkylation sites (tertiary alicyclic amines) is 1. The highest BCUT2D eigenvalue weighted by molar-refractivity contribution is 6.47. The molecule has 0 aromatic carbocycles. The van der Waals surface area contributed by atoms with E-state index in [1.165, 1.54) is 6.42 Å². The van der Waals surface area contributed by atoms with E-state index < -0.39 is 5.60 Å². The van der Waals surface area contributed by atoms with Crippen molar-refractivity contribution in [1.29, 1.82) is 0 Å². The van der Waals surface area contributed by atoms with Gasteiger partial charge in [-0.05, 0) is 85.4 Å². The van der Waals surface area contributed by atoms with Gasteiger partial charge in [0.15, 0.2) is 0 Å². The average Bonchev–Trinajstić information content (AvgIpc) is 2.96. The summed E-state index contributed by atoms with van der Waals surface area (Å²) in [4.78, 5) is 14.4. The fourth-order valence-corrected chi connectivity index (χ4v) is 4.63. The summed E-state index contributed by atoms with van der Waals surface area (Å²) in [5.74, 6) is 0.412. The minimum atomic E-state index is -0.442. The van der Waals surface area contributed by atoms with Crippen LogP contribution >= 0.6 is 0 Å². The van der Waals surface area contributed by atoms with Crippen LogP contribution in [-0.2, 0) is 14.0 Å². The molecule has 2 unspecified atom stereocenters. The predicted molar refractivity (Wildman–Crippen MR) is 103 cm³/mol. The number of carbonyl (C=O) groups excluding carboxylic acids is 1. The van der Waals surface area contributed by atoms with E-state index in [0.717, 1.165) is 38.8 Å². The van der Waals surface area contributed by atoms with Crippen molar-refractivity contribution in [3.63, 3.8) is 0 Å². The summed E-state index contributed by atoms with van der Waals surface area (Å²) in [6.07, 6.45) is 5.39. The van der Waals surface area contributed by atoms with E-state index in [1.807, 2.05) is 25.7 Å². The Balaban J connectivity index is 1.63. The van der Waals surface area contributed by atoms with Crippen molar-refractivity contribution in [2.24, 2.45) is 5.41 Å². The third-order valence-corrected chi connectivity index (χ3v) is 6.71. The summed E-state index contributed by atoms with van der Waals surface area (Å²) in [7, 11) is -0.128. The van der Waals surface area contributed by atoms with Crippen LogP contribution in [0.15, 0.2) is 0 Å². The van der Waals surface area contributed by atoms with E-state index in [9.17, 15) is 4.79 Å². The summed E-state index contributed by atoms with van der Waals surface area (Å²) in [5.41, 5.74) is -0.795. The molecule has 2 atom stereocenters. The number of carbonyl (C=O) groups is 1. The van der Waals surface area contributed by atoms with Gasteiger partial charge >= 0.3 is 13.2 Å². The lowest BCUT2D eigenvalue weighted by atomic mass is 9.67. The van der Waals surface area contributed by atoms with E-state index in [0.29, 0.717) is 5.82 Å². The molecule has 1 aliphatic carbocycles. The lowest BCUT2D eigenvalue weighted by molar-refractivity contribution is 0.00490. The number of ether oxygens (including phenoxy) is 1. The second-order valence-electron chi connectivity index (χ2n) is 10.6. The normalized spacial score (nSPS) is 33.7. The van der Waals surface area contributed by atoms with Gasteiger partial charge in [0.1, 0.15) is 5.60 Å². The van der Waals surface area contributed by atoms with Gasteiger partial charge in [-0.2, -0.15) is 0 Å². The first-order valence-corrected chi connectivity index (χ1v) is 10.2. The van der Waals surface area contributed by atoms with Gasteiger partial charge in [0.2, 0.25) is 0 Å². The Morgan fingerprint density at radius 1 is 1.12 bits per heavy atom. The Bertz CT molecular complexity index is 541. The van der Waals surface area contributed by atoms with Crippen molar-refractivity contribution in [2.75, 3.05) is 13.1 Å². The fourth-order valence-electron chi connectivity index (χ4n) is 4.63. The van der Waals surface area contributed by atoms with Crippen LogP contribution in [0.25, 0.3) is 0 Å². The first-order chi connectivity index (χ1) is 11.8. The van der Waals surface area contributed by atoms with Crippen LogP contribution in [0.1, 0.15) is 80.6 Å². The van der Waals surface area contributed by atoms with Gasteiger partial charge in [0, 0.05) is 13.1 Å². The van der Waals surface area contributed by atoms with Gasteiger partial charge in [-0.1, -0.05) is 6.42 Å². The van der Waals surface area contributed by atoms with Crippen LogP contribution in [0.4, 0.5) is 4.79 Å². The number of piperidine rings is 1. The van der Waals surface area contributed by atoms with Gasteiger partial charge in [-0.3, -0.25) is 0 Å². The van der Waals surface area contributed by atoms with E-state index in [2.05, 4.69) is 27.7 Å². The molecule has 2 heterocycles. The number of amides is 1. The molecule has 2 aliphatic heterocycles. The van der Waals surface area contributed by atoms with Crippen LogP contribution < -0.4 is 0 Å². The molecule has 0 aromatic rings. The van der Waals surface area contributed by atoms with E-state index in [4.69, 9.17) is 14.0 Å². The highest BCUT2D eigenvalue weighted by Crippen LogP contribution is 2.54. The van der Waals surface area contributed by atoms with Crippen molar-refractivity contribution in [2.45, 2.75) is 103 Å². The topological polar surface area (TPSA) is 48.0 Å². The summed E-state index contributed by atoms with van der Waals surface area (Å²) in [5, 5.41) is 0. The van der Waals surface area contributed by atoms with Crippen molar-refractivity contribution in [3.8, 4) is 0 Å². The first kappa shape index (κ1) is 20.0. The van der Waals surface area contributed by atoms with Crippen LogP contribution in [0.3, 0.4) is 0 Å². The molecule has 3 aliphatic rings. The Labute approximate surface area is 159 Å².